The Morgan fingerprint density at radius 1 is 1.48 bits per heavy atom. The van der Waals surface area contributed by atoms with Crippen molar-refractivity contribution in [1.82, 2.24) is 5.32 Å². The van der Waals surface area contributed by atoms with Crippen molar-refractivity contribution in [2.75, 3.05) is 13.2 Å². The number of thioether (sulfide) groups is 1. The van der Waals surface area contributed by atoms with E-state index in [-0.39, 0.29) is 17.7 Å². The summed E-state index contributed by atoms with van der Waals surface area (Å²) in [6.07, 6.45) is 6.90. The van der Waals surface area contributed by atoms with Crippen LogP contribution in [0.3, 0.4) is 0 Å². The zero-order chi connectivity index (χ0) is 18.4. The number of hydrogen-bond donors (Lipinski definition) is 1. The molecule has 0 fully saturated rings. The molecule has 2 rings (SSSR count). The molecule has 0 bridgehead atoms. The van der Waals surface area contributed by atoms with Crippen molar-refractivity contribution in [3.05, 3.63) is 27.1 Å². The third-order valence-corrected chi connectivity index (χ3v) is 4.32. The van der Waals surface area contributed by atoms with Crippen LogP contribution < -0.4 is 14.8 Å². The van der Waals surface area contributed by atoms with E-state index >= 15 is 0 Å². The van der Waals surface area contributed by atoms with E-state index in [2.05, 4.69) is 32.2 Å². The highest BCUT2D eigenvalue weighted by Crippen LogP contribution is 2.38. The number of carbonyl (C=O) groups excluding carboxylic acids is 2. The van der Waals surface area contributed by atoms with Crippen molar-refractivity contribution < 1.29 is 19.1 Å². The second kappa shape index (κ2) is 8.74. The average molecular weight is 423 g/mol. The number of aliphatic imine (C=N–C) groups is 1. The molecule has 1 aliphatic heterocycles. The zero-order valence-corrected chi connectivity index (χ0v) is 16.0. The molecule has 1 aromatic carbocycles. The Hall–Kier alpha value is -2.24. The summed E-state index contributed by atoms with van der Waals surface area (Å²) in [7, 11) is 0. The lowest BCUT2D eigenvalue weighted by Crippen LogP contribution is -2.23. The molecule has 0 radical (unpaired) electrons. The highest BCUT2D eigenvalue weighted by Gasteiger charge is 2.23. The molecule has 1 heterocycles. The molecular weight excluding hydrogens is 408 g/mol. The maximum Gasteiger partial charge on any atom is 0.286 e. The largest absolute Gasteiger partial charge is 0.490 e. The van der Waals surface area contributed by atoms with Crippen molar-refractivity contribution in [2.24, 2.45) is 4.99 Å². The number of amidine groups is 1. The first kappa shape index (κ1) is 19.1. The minimum Gasteiger partial charge on any atom is -0.490 e. The first-order chi connectivity index (χ1) is 11.9. The lowest BCUT2D eigenvalue weighted by atomic mass is 10.2. The predicted molar refractivity (Wildman–Crippen MR) is 101 cm³/mol. The van der Waals surface area contributed by atoms with Crippen LogP contribution in [-0.4, -0.2) is 30.2 Å². The standard InChI is InChI=1S/C17H15BrN2O4S/c1-4-6-24-15-12(18)7-11(8-13(15)23-5-2)9-14-16(22)20-17(25-14)19-10(3)21/h1,7-9H,5-6H2,2-3H3,(H,19,20,21,22)/b14-9+. The Morgan fingerprint density at radius 2 is 2.24 bits per heavy atom. The summed E-state index contributed by atoms with van der Waals surface area (Å²) >= 11 is 4.53. The molecule has 130 valence electrons. The number of hydrogen-bond acceptors (Lipinski definition) is 5. The van der Waals surface area contributed by atoms with E-state index in [1.54, 1.807) is 18.2 Å². The van der Waals surface area contributed by atoms with E-state index in [4.69, 9.17) is 15.9 Å². The van der Waals surface area contributed by atoms with Crippen LogP contribution in [0.5, 0.6) is 11.5 Å². The van der Waals surface area contributed by atoms with Gasteiger partial charge in [0.15, 0.2) is 16.7 Å². The Labute approximate surface area is 158 Å². The monoisotopic (exact) mass is 422 g/mol. The number of carbonyl (C=O) groups is 2. The minimum absolute atomic E-state index is 0.112. The molecule has 2 amide bonds. The smallest absolute Gasteiger partial charge is 0.286 e. The van der Waals surface area contributed by atoms with Gasteiger partial charge in [0, 0.05) is 6.92 Å². The third kappa shape index (κ3) is 5.11. The predicted octanol–water partition coefficient (Wildman–Crippen LogP) is 2.97. The highest BCUT2D eigenvalue weighted by atomic mass is 79.9. The van der Waals surface area contributed by atoms with Crippen molar-refractivity contribution in [3.63, 3.8) is 0 Å². The Kier molecular flexibility index (Phi) is 6.67. The molecule has 1 aromatic rings. The Bertz CT molecular complexity index is 812. The zero-order valence-electron chi connectivity index (χ0n) is 13.6. The maximum atomic E-state index is 12.0. The summed E-state index contributed by atoms with van der Waals surface area (Å²) in [5.74, 6) is 2.73. The van der Waals surface area contributed by atoms with Gasteiger partial charge in [-0.3, -0.25) is 9.59 Å². The van der Waals surface area contributed by atoms with E-state index in [9.17, 15) is 9.59 Å². The molecule has 0 aromatic heterocycles. The van der Waals surface area contributed by atoms with Gasteiger partial charge in [0.05, 0.1) is 16.0 Å². The normalized spacial score (nSPS) is 14.9. The van der Waals surface area contributed by atoms with Crippen molar-refractivity contribution >= 4 is 50.7 Å². The van der Waals surface area contributed by atoms with Crippen LogP contribution in [0.25, 0.3) is 6.08 Å². The Morgan fingerprint density at radius 3 is 2.88 bits per heavy atom. The van der Waals surface area contributed by atoms with Gasteiger partial charge in [0.2, 0.25) is 5.91 Å². The first-order valence-electron chi connectivity index (χ1n) is 7.27. The number of ether oxygens (including phenoxy) is 2. The van der Waals surface area contributed by atoms with Gasteiger partial charge in [0.1, 0.15) is 6.61 Å². The quantitative estimate of drug-likeness (QED) is 0.582. The van der Waals surface area contributed by atoms with Crippen molar-refractivity contribution in [2.45, 2.75) is 13.8 Å². The van der Waals surface area contributed by atoms with E-state index in [0.29, 0.717) is 27.5 Å². The summed E-state index contributed by atoms with van der Waals surface area (Å²) in [5, 5.41) is 2.77. The molecule has 0 unspecified atom stereocenters. The van der Waals surface area contributed by atoms with E-state index in [1.807, 2.05) is 6.92 Å². The number of terminal acetylenes is 1. The number of amides is 2. The van der Waals surface area contributed by atoms with Gasteiger partial charge in [-0.05, 0) is 58.4 Å². The summed E-state index contributed by atoms with van der Waals surface area (Å²) in [5.41, 5.74) is 0.721. The summed E-state index contributed by atoms with van der Waals surface area (Å²) in [4.78, 5) is 27.2. The van der Waals surface area contributed by atoms with Gasteiger partial charge in [-0.25, -0.2) is 0 Å². The van der Waals surface area contributed by atoms with Gasteiger partial charge in [-0.15, -0.1) is 6.42 Å². The summed E-state index contributed by atoms with van der Waals surface area (Å²) in [6, 6.07) is 3.53. The SMILES string of the molecule is C#CCOc1c(Br)cc(/C=C2/SC(NC(C)=O)=NC2=O)cc1OCC. The molecule has 0 aliphatic carbocycles. The van der Waals surface area contributed by atoms with Crippen LogP contribution >= 0.6 is 27.7 Å². The third-order valence-electron chi connectivity index (χ3n) is 2.83. The lowest BCUT2D eigenvalue weighted by molar-refractivity contribution is -0.117. The first-order valence-corrected chi connectivity index (χ1v) is 8.88. The van der Waals surface area contributed by atoms with E-state index in [1.165, 1.54) is 6.92 Å². The molecular formula is C17H15BrN2O4S. The van der Waals surface area contributed by atoms with Gasteiger partial charge < -0.3 is 14.8 Å². The highest BCUT2D eigenvalue weighted by molar-refractivity contribution is 9.10. The van der Waals surface area contributed by atoms with Crippen molar-refractivity contribution in [1.29, 1.82) is 0 Å². The number of nitrogens with one attached hydrogen (secondary N) is 1. The molecule has 1 N–H and O–H groups in total. The van der Waals surface area contributed by atoms with Crippen LogP contribution in [-0.2, 0) is 9.59 Å². The van der Waals surface area contributed by atoms with Crippen LogP contribution in [0.15, 0.2) is 26.5 Å². The molecule has 25 heavy (non-hydrogen) atoms. The van der Waals surface area contributed by atoms with Crippen LogP contribution in [0.2, 0.25) is 0 Å². The van der Waals surface area contributed by atoms with E-state index < -0.39 is 5.91 Å². The Balaban J connectivity index is 2.30. The fourth-order valence-corrected chi connectivity index (χ4v) is 3.39. The molecule has 1 aliphatic rings. The molecule has 6 nitrogen and oxygen atoms in total. The second-order valence-electron chi connectivity index (χ2n) is 4.77. The van der Waals surface area contributed by atoms with Gasteiger partial charge in [-0.1, -0.05) is 5.92 Å². The maximum absolute atomic E-state index is 12.0. The summed E-state index contributed by atoms with van der Waals surface area (Å²) in [6.45, 7) is 3.77. The summed E-state index contributed by atoms with van der Waals surface area (Å²) < 4.78 is 11.7. The number of rotatable bonds is 5. The molecule has 0 atom stereocenters. The van der Waals surface area contributed by atoms with Crippen LogP contribution in [0, 0.1) is 12.3 Å². The topological polar surface area (TPSA) is 77.0 Å². The average Bonchev–Trinajstić information content (AvgIpc) is 2.85. The van der Waals surface area contributed by atoms with Gasteiger partial charge >= 0.3 is 0 Å². The fourth-order valence-electron chi connectivity index (χ4n) is 1.95. The van der Waals surface area contributed by atoms with Crippen molar-refractivity contribution in [3.8, 4) is 23.8 Å². The fraction of sp³-hybridized carbons (Fsp3) is 0.235. The number of halogens is 1. The minimum atomic E-state index is -0.407. The van der Waals surface area contributed by atoms with Crippen LogP contribution in [0.1, 0.15) is 19.4 Å². The lowest BCUT2D eigenvalue weighted by Gasteiger charge is -2.13. The van der Waals surface area contributed by atoms with Gasteiger partial charge in [-0.2, -0.15) is 4.99 Å². The number of nitrogens with zero attached hydrogens (tertiary/aromatic N) is 1. The van der Waals surface area contributed by atoms with E-state index in [0.717, 1.165) is 17.3 Å². The number of benzene rings is 1. The van der Waals surface area contributed by atoms with Crippen LogP contribution in [0.4, 0.5) is 0 Å². The molecule has 0 saturated carbocycles. The molecule has 8 heteroatoms. The molecule has 0 spiro atoms. The molecule has 0 saturated heterocycles. The van der Waals surface area contributed by atoms with Gasteiger partial charge in [0.25, 0.3) is 5.91 Å². The second-order valence-corrected chi connectivity index (χ2v) is 6.65.